The van der Waals surface area contributed by atoms with Crippen molar-refractivity contribution < 1.29 is 4.42 Å². The van der Waals surface area contributed by atoms with Crippen molar-refractivity contribution in [1.82, 2.24) is 15.0 Å². The average molecular weight is 588 g/mol. The summed E-state index contributed by atoms with van der Waals surface area (Å²) in [5.74, 6) is 2.18. The van der Waals surface area contributed by atoms with E-state index in [0.29, 0.717) is 34.0 Å². The zero-order chi connectivity index (χ0) is 29.5. The first kappa shape index (κ1) is 26.3. The third-order valence-corrected chi connectivity index (χ3v) is 8.48. The minimum absolute atomic E-state index is 0.375. The van der Waals surface area contributed by atoms with E-state index < -0.39 is 0 Å². The maximum atomic E-state index is 6.52. The molecule has 2 aromatic heterocycles. The number of benzene rings is 5. The van der Waals surface area contributed by atoms with Gasteiger partial charge in [-0.25, -0.2) is 15.0 Å². The zero-order valence-electron chi connectivity index (χ0n) is 23.7. The SMILES string of the molecule is Clc1cccc2c1oc1cccc(-c3nc(-c4ccc(-c5ccccc5)cc4)nc(-c4ccc(C5C=CC=CC5)cc4)n3)c12. The number of fused-ring (bicyclic) bond motifs is 3. The van der Waals surface area contributed by atoms with Gasteiger partial charge in [0, 0.05) is 33.4 Å². The monoisotopic (exact) mass is 587 g/mol. The molecule has 0 saturated carbocycles. The van der Waals surface area contributed by atoms with Gasteiger partial charge >= 0.3 is 0 Å². The van der Waals surface area contributed by atoms with Crippen molar-refractivity contribution in [2.75, 3.05) is 0 Å². The fourth-order valence-electron chi connectivity index (χ4n) is 5.90. The first-order valence-corrected chi connectivity index (χ1v) is 15.0. The number of para-hydroxylation sites is 1. The van der Waals surface area contributed by atoms with Crippen molar-refractivity contribution in [3.63, 3.8) is 0 Å². The average Bonchev–Trinajstić information content (AvgIpc) is 3.49. The number of aromatic nitrogens is 3. The summed E-state index contributed by atoms with van der Waals surface area (Å²) >= 11 is 6.52. The van der Waals surface area contributed by atoms with E-state index in [1.807, 2.05) is 54.6 Å². The van der Waals surface area contributed by atoms with Gasteiger partial charge in [0.15, 0.2) is 23.1 Å². The van der Waals surface area contributed by atoms with Crippen LogP contribution in [0.5, 0.6) is 0 Å². The van der Waals surface area contributed by atoms with Gasteiger partial charge in [-0.15, -0.1) is 0 Å². The van der Waals surface area contributed by atoms with Crippen LogP contribution in [0.2, 0.25) is 5.02 Å². The Morgan fingerprint density at radius 1 is 0.591 bits per heavy atom. The first-order valence-electron chi connectivity index (χ1n) is 14.7. The van der Waals surface area contributed by atoms with Crippen LogP contribution in [0, 0.1) is 0 Å². The van der Waals surface area contributed by atoms with E-state index in [9.17, 15) is 0 Å². The van der Waals surface area contributed by atoms with Gasteiger partial charge in [-0.3, -0.25) is 0 Å². The summed E-state index contributed by atoms with van der Waals surface area (Å²) in [6, 6.07) is 39.0. The van der Waals surface area contributed by atoms with Crippen LogP contribution in [0.15, 0.2) is 144 Å². The second-order valence-electron chi connectivity index (χ2n) is 10.9. The largest absolute Gasteiger partial charge is 0.454 e. The Bertz CT molecular complexity index is 2200. The predicted molar refractivity (Wildman–Crippen MR) is 179 cm³/mol. The van der Waals surface area contributed by atoms with E-state index in [1.54, 1.807) is 0 Å². The number of halogens is 1. The van der Waals surface area contributed by atoms with Crippen LogP contribution in [0.25, 0.3) is 67.2 Å². The van der Waals surface area contributed by atoms with Gasteiger partial charge in [-0.1, -0.05) is 139 Å². The molecule has 0 aliphatic heterocycles. The summed E-state index contributed by atoms with van der Waals surface area (Å²) in [6.07, 6.45) is 9.67. The van der Waals surface area contributed by atoms with Crippen molar-refractivity contribution in [3.8, 4) is 45.3 Å². The van der Waals surface area contributed by atoms with Crippen LogP contribution < -0.4 is 0 Å². The molecule has 0 fully saturated rings. The fourth-order valence-corrected chi connectivity index (χ4v) is 6.12. The van der Waals surface area contributed by atoms with E-state index >= 15 is 0 Å². The van der Waals surface area contributed by atoms with Crippen LogP contribution in [0.1, 0.15) is 17.9 Å². The highest BCUT2D eigenvalue weighted by Crippen LogP contribution is 2.39. The number of hydrogen-bond donors (Lipinski definition) is 0. The highest BCUT2D eigenvalue weighted by atomic mass is 35.5. The van der Waals surface area contributed by atoms with Crippen LogP contribution in [-0.4, -0.2) is 15.0 Å². The standard InChI is InChI=1S/C39H26ClN3O/c40-33-15-7-13-31-35-32(14-8-16-34(35)44-36(31)33)39-42-37(29-21-17-27(18-22-29)25-9-3-1-4-10-25)41-38(43-39)30-23-19-28(20-24-30)26-11-5-2-6-12-26/h1-11,13-24,26H,12H2. The Kier molecular flexibility index (Phi) is 6.62. The van der Waals surface area contributed by atoms with Gasteiger partial charge in [0.1, 0.15) is 5.58 Å². The van der Waals surface area contributed by atoms with Crippen LogP contribution in [0.4, 0.5) is 0 Å². The molecule has 5 aromatic carbocycles. The van der Waals surface area contributed by atoms with Crippen LogP contribution in [-0.2, 0) is 0 Å². The van der Waals surface area contributed by atoms with Crippen molar-refractivity contribution in [2.45, 2.75) is 12.3 Å². The van der Waals surface area contributed by atoms with Gasteiger partial charge in [0.05, 0.1) is 5.02 Å². The molecule has 2 heterocycles. The predicted octanol–water partition coefficient (Wildman–Crippen LogP) is 10.7. The molecule has 0 radical (unpaired) electrons. The smallest absolute Gasteiger partial charge is 0.164 e. The number of hydrogen-bond acceptors (Lipinski definition) is 4. The molecule has 0 bridgehead atoms. The van der Waals surface area contributed by atoms with Crippen LogP contribution in [0.3, 0.4) is 0 Å². The Hall–Kier alpha value is -5.32. The molecule has 1 aliphatic carbocycles. The van der Waals surface area contributed by atoms with E-state index in [-0.39, 0.29) is 0 Å². The van der Waals surface area contributed by atoms with E-state index in [0.717, 1.165) is 50.6 Å². The quantitative estimate of drug-likeness (QED) is 0.201. The third kappa shape index (κ3) is 4.80. The van der Waals surface area contributed by atoms with Gasteiger partial charge < -0.3 is 4.42 Å². The maximum absolute atomic E-state index is 6.52. The Morgan fingerprint density at radius 2 is 1.25 bits per heavy atom. The molecule has 0 spiro atoms. The molecule has 1 aliphatic rings. The lowest BCUT2D eigenvalue weighted by atomic mass is 9.92. The third-order valence-electron chi connectivity index (χ3n) is 8.18. The summed E-state index contributed by atoms with van der Waals surface area (Å²) in [6.45, 7) is 0. The first-order chi connectivity index (χ1) is 21.7. The van der Waals surface area contributed by atoms with Crippen molar-refractivity contribution in [3.05, 3.63) is 150 Å². The molecule has 44 heavy (non-hydrogen) atoms. The van der Waals surface area contributed by atoms with Gasteiger partial charge in [0.2, 0.25) is 0 Å². The number of allylic oxidation sites excluding steroid dienone is 4. The van der Waals surface area contributed by atoms with E-state index in [1.165, 1.54) is 5.56 Å². The van der Waals surface area contributed by atoms with Crippen LogP contribution >= 0.6 is 11.6 Å². The lowest BCUT2D eigenvalue weighted by Gasteiger charge is -2.14. The van der Waals surface area contributed by atoms with E-state index in [4.69, 9.17) is 31.0 Å². The van der Waals surface area contributed by atoms with Crippen molar-refractivity contribution in [2.24, 2.45) is 0 Å². The second kappa shape index (κ2) is 11.1. The number of furan rings is 1. The Labute approximate surface area is 260 Å². The summed E-state index contributed by atoms with van der Waals surface area (Å²) < 4.78 is 6.19. The Balaban J connectivity index is 1.28. The van der Waals surface area contributed by atoms with Gasteiger partial charge in [-0.2, -0.15) is 0 Å². The molecule has 1 unspecified atom stereocenters. The molecule has 0 N–H and O–H groups in total. The minimum atomic E-state index is 0.375. The Morgan fingerprint density at radius 3 is 1.98 bits per heavy atom. The highest BCUT2D eigenvalue weighted by Gasteiger charge is 2.19. The topological polar surface area (TPSA) is 51.8 Å². The van der Waals surface area contributed by atoms with Gasteiger partial charge in [-0.05, 0) is 35.2 Å². The maximum Gasteiger partial charge on any atom is 0.164 e. The second-order valence-corrected chi connectivity index (χ2v) is 11.3. The van der Waals surface area contributed by atoms with E-state index in [2.05, 4.69) is 85.0 Å². The van der Waals surface area contributed by atoms with Gasteiger partial charge in [0.25, 0.3) is 0 Å². The molecular weight excluding hydrogens is 562 g/mol. The summed E-state index contributed by atoms with van der Waals surface area (Å²) in [4.78, 5) is 15.1. The lowest BCUT2D eigenvalue weighted by Crippen LogP contribution is -2.01. The zero-order valence-corrected chi connectivity index (χ0v) is 24.4. The molecular formula is C39H26ClN3O. The number of nitrogens with zero attached hydrogens (tertiary/aromatic N) is 3. The normalized spacial score (nSPS) is 14.4. The minimum Gasteiger partial charge on any atom is -0.454 e. The lowest BCUT2D eigenvalue weighted by molar-refractivity contribution is 0.669. The molecule has 4 nitrogen and oxygen atoms in total. The summed E-state index contributed by atoms with van der Waals surface area (Å²) in [7, 11) is 0. The molecule has 7 aromatic rings. The molecule has 210 valence electrons. The van der Waals surface area contributed by atoms with Crippen molar-refractivity contribution >= 4 is 33.5 Å². The number of rotatable bonds is 5. The molecule has 5 heteroatoms. The molecule has 8 rings (SSSR count). The fraction of sp³-hybridized carbons (Fsp3) is 0.0513. The summed E-state index contributed by atoms with van der Waals surface area (Å²) in [5, 5.41) is 2.43. The summed E-state index contributed by atoms with van der Waals surface area (Å²) in [5.41, 5.74) is 7.68. The molecule has 0 amide bonds. The molecule has 0 saturated heterocycles. The molecule has 1 atom stereocenters. The highest BCUT2D eigenvalue weighted by molar-refractivity contribution is 6.36. The van der Waals surface area contributed by atoms with Crippen molar-refractivity contribution in [1.29, 1.82) is 0 Å².